The predicted octanol–water partition coefficient (Wildman–Crippen LogP) is 3.06. The Morgan fingerprint density at radius 1 is 1.33 bits per heavy atom. The van der Waals surface area contributed by atoms with Crippen LogP contribution in [0, 0.1) is 23.7 Å². The van der Waals surface area contributed by atoms with Crippen LogP contribution in [0.2, 0.25) is 0 Å². The van der Waals surface area contributed by atoms with Crippen molar-refractivity contribution < 1.29 is 4.79 Å². The Morgan fingerprint density at radius 3 is 2.33 bits per heavy atom. The Bertz CT molecular complexity index is 480. The lowest BCUT2D eigenvalue weighted by atomic mass is 9.92. The van der Waals surface area contributed by atoms with Crippen molar-refractivity contribution >= 4 is 5.91 Å². The van der Waals surface area contributed by atoms with Crippen molar-refractivity contribution in [2.75, 3.05) is 7.05 Å². The molecule has 1 atom stereocenters. The van der Waals surface area contributed by atoms with E-state index in [9.17, 15) is 10.1 Å². The molecule has 1 amide bonds. The Morgan fingerprint density at radius 2 is 1.89 bits per heavy atom. The third-order valence-electron chi connectivity index (χ3n) is 2.95. The molecule has 0 aliphatic heterocycles. The quantitative estimate of drug-likeness (QED) is 0.802. The fraction of sp³-hybridized carbons (Fsp3) is 0.467. The molecule has 0 aliphatic carbocycles. The van der Waals surface area contributed by atoms with Crippen LogP contribution in [0.3, 0.4) is 0 Å². The standard InChI is InChI=1S/C15H20N2O/c1-11-8-6-7-9-12(11)13(10-16)17(5)14(18)15(2,3)4/h6-9,13H,1-5H3. The summed E-state index contributed by atoms with van der Waals surface area (Å²) in [5.74, 6) is -0.0303. The zero-order valence-electron chi connectivity index (χ0n) is 11.7. The zero-order chi connectivity index (χ0) is 13.9. The molecule has 0 radical (unpaired) electrons. The lowest BCUT2D eigenvalue weighted by Crippen LogP contribution is -2.38. The van der Waals surface area contributed by atoms with Crippen molar-refractivity contribution in [3.8, 4) is 6.07 Å². The second kappa shape index (κ2) is 5.22. The van der Waals surface area contributed by atoms with Crippen LogP contribution in [0.15, 0.2) is 24.3 Å². The third-order valence-corrected chi connectivity index (χ3v) is 2.95. The molecular weight excluding hydrogens is 224 g/mol. The van der Waals surface area contributed by atoms with Crippen molar-refractivity contribution in [3.63, 3.8) is 0 Å². The van der Waals surface area contributed by atoms with Gasteiger partial charge in [-0.05, 0) is 18.1 Å². The Labute approximate surface area is 109 Å². The molecule has 0 bridgehead atoms. The molecule has 0 spiro atoms. The van der Waals surface area contributed by atoms with E-state index in [0.717, 1.165) is 11.1 Å². The maximum atomic E-state index is 12.2. The van der Waals surface area contributed by atoms with Gasteiger partial charge in [0.2, 0.25) is 5.91 Å². The average molecular weight is 244 g/mol. The van der Waals surface area contributed by atoms with Gasteiger partial charge >= 0.3 is 0 Å². The molecule has 0 saturated carbocycles. The van der Waals surface area contributed by atoms with Gasteiger partial charge in [-0.1, -0.05) is 45.0 Å². The Hall–Kier alpha value is -1.82. The van der Waals surface area contributed by atoms with E-state index >= 15 is 0 Å². The number of nitrogens with zero attached hydrogens (tertiary/aromatic N) is 2. The van der Waals surface area contributed by atoms with Gasteiger partial charge in [-0.3, -0.25) is 4.79 Å². The summed E-state index contributed by atoms with van der Waals surface area (Å²) in [4.78, 5) is 13.8. The van der Waals surface area contributed by atoms with Crippen LogP contribution in [-0.4, -0.2) is 17.9 Å². The van der Waals surface area contributed by atoms with Gasteiger partial charge in [-0.25, -0.2) is 0 Å². The fourth-order valence-electron chi connectivity index (χ4n) is 1.90. The Balaban J connectivity index is 3.10. The van der Waals surface area contributed by atoms with Gasteiger partial charge in [0.25, 0.3) is 0 Å². The first-order valence-corrected chi connectivity index (χ1v) is 6.01. The first-order valence-electron chi connectivity index (χ1n) is 6.01. The SMILES string of the molecule is Cc1ccccc1C(C#N)N(C)C(=O)C(C)(C)C. The van der Waals surface area contributed by atoms with Crippen LogP contribution in [0.1, 0.15) is 37.9 Å². The molecule has 1 rings (SSSR count). The van der Waals surface area contributed by atoms with Crippen LogP contribution >= 0.6 is 0 Å². The van der Waals surface area contributed by atoms with E-state index < -0.39 is 11.5 Å². The van der Waals surface area contributed by atoms with Gasteiger partial charge in [0.1, 0.15) is 6.04 Å². The molecule has 0 aromatic heterocycles. The number of carbonyl (C=O) groups excluding carboxylic acids is 1. The maximum absolute atomic E-state index is 12.2. The molecule has 1 aromatic rings. The van der Waals surface area contributed by atoms with Gasteiger partial charge in [0.05, 0.1) is 6.07 Å². The molecule has 1 unspecified atom stereocenters. The molecular formula is C15H20N2O. The number of nitriles is 1. The van der Waals surface area contributed by atoms with Crippen LogP contribution in [-0.2, 0) is 4.79 Å². The summed E-state index contributed by atoms with van der Waals surface area (Å²) in [5, 5.41) is 9.35. The summed E-state index contributed by atoms with van der Waals surface area (Å²) >= 11 is 0. The van der Waals surface area contributed by atoms with E-state index in [4.69, 9.17) is 0 Å². The van der Waals surface area contributed by atoms with E-state index in [1.54, 1.807) is 7.05 Å². The average Bonchev–Trinajstić information content (AvgIpc) is 2.30. The normalized spacial score (nSPS) is 12.7. The van der Waals surface area contributed by atoms with Crippen molar-refractivity contribution in [1.29, 1.82) is 5.26 Å². The first-order chi connectivity index (χ1) is 8.29. The topological polar surface area (TPSA) is 44.1 Å². The van der Waals surface area contributed by atoms with Gasteiger partial charge in [-0.2, -0.15) is 5.26 Å². The number of hydrogen-bond acceptors (Lipinski definition) is 2. The van der Waals surface area contributed by atoms with Gasteiger partial charge in [0.15, 0.2) is 0 Å². The second-order valence-corrected chi connectivity index (χ2v) is 5.55. The highest BCUT2D eigenvalue weighted by Crippen LogP contribution is 2.26. The summed E-state index contributed by atoms with van der Waals surface area (Å²) in [7, 11) is 1.69. The van der Waals surface area contributed by atoms with Crippen molar-refractivity contribution in [3.05, 3.63) is 35.4 Å². The zero-order valence-corrected chi connectivity index (χ0v) is 11.7. The third kappa shape index (κ3) is 2.89. The van der Waals surface area contributed by atoms with Crippen molar-refractivity contribution in [2.45, 2.75) is 33.7 Å². The highest BCUT2D eigenvalue weighted by molar-refractivity contribution is 5.82. The minimum absolute atomic E-state index is 0.0303. The highest BCUT2D eigenvalue weighted by atomic mass is 16.2. The molecule has 0 heterocycles. The summed E-state index contributed by atoms with van der Waals surface area (Å²) in [6, 6.07) is 9.36. The van der Waals surface area contributed by atoms with Gasteiger partial charge < -0.3 is 4.90 Å². The first kappa shape index (κ1) is 14.2. The molecule has 3 nitrogen and oxygen atoms in total. The molecule has 96 valence electrons. The Kier molecular flexibility index (Phi) is 4.13. The summed E-state index contributed by atoms with van der Waals surface area (Å²) in [5.41, 5.74) is 1.43. The second-order valence-electron chi connectivity index (χ2n) is 5.55. The number of rotatable bonds is 2. The molecule has 0 aliphatic rings. The van der Waals surface area contributed by atoms with E-state index in [1.807, 2.05) is 52.0 Å². The van der Waals surface area contributed by atoms with Gasteiger partial charge in [-0.15, -0.1) is 0 Å². The summed E-state index contributed by atoms with van der Waals surface area (Å²) in [6.45, 7) is 7.53. The number of aryl methyl sites for hydroxylation is 1. The molecule has 0 N–H and O–H groups in total. The number of hydrogen-bond donors (Lipinski definition) is 0. The predicted molar refractivity (Wildman–Crippen MR) is 71.8 cm³/mol. The van der Waals surface area contributed by atoms with Crippen molar-refractivity contribution in [1.82, 2.24) is 4.90 Å². The van der Waals surface area contributed by atoms with E-state index in [1.165, 1.54) is 4.90 Å². The summed E-state index contributed by atoms with van der Waals surface area (Å²) < 4.78 is 0. The van der Waals surface area contributed by atoms with Crippen LogP contribution in [0.4, 0.5) is 0 Å². The molecule has 0 fully saturated rings. The number of amides is 1. The van der Waals surface area contributed by atoms with Crippen LogP contribution in [0.25, 0.3) is 0 Å². The molecule has 0 saturated heterocycles. The van der Waals surface area contributed by atoms with Crippen molar-refractivity contribution in [2.24, 2.45) is 5.41 Å². The lowest BCUT2D eigenvalue weighted by molar-refractivity contribution is -0.139. The van der Waals surface area contributed by atoms with Crippen LogP contribution in [0.5, 0.6) is 0 Å². The maximum Gasteiger partial charge on any atom is 0.229 e. The lowest BCUT2D eigenvalue weighted by Gasteiger charge is -2.30. The molecule has 18 heavy (non-hydrogen) atoms. The largest absolute Gasteiger partial charge is 0.325 e. The molecule has 3 heteroatoms. The smallest absolute Gasteiger partial charge is 0.229 e. The van der Waals surface area contributed by atoms with E-state index in [2.05, 4.69) is 6.07 Å². The van der Waals surface area contributed by atoms with E-state index in [0.29, 0.717) is 0 Å². The van der Waals surface area contributed by atoms with E-state index in [-0.39, 0.29) is 5.91 Å². The minimum Gasteiger partial charge on any atom is -0.325 e. The monoisotopic (exact) mass is 244 g/mol. The minimum atomic E-state index is -0.530. The van der Waals surface area contributed by atoms with Crippen LogP contribution < -0.4 is 0 Å². The number of carbonyl (C=O) groups is 1. The molecule has 1 aromatic carbocycles. The summed E-state index contributed by atoms with van der Waals surface area (Å²) in [6.07, 6.45) is 0. The number of benzene rings is 1. The fourth-order valence-corrected chi connectivity index (χ4v) is 1.90. The van der Waals surface area contributed by atoms with Gasteiger partial charge in [0, 0.05) is 12.5 Å². The highest BCUT2D eigenvalue weighted by Gasteiger charge is 2.30.